The lowest BCUT2D eigenvalue weighted by molar-refractivity contribution is 0.427. The van der Waals surface area contributed by atoms with Crippen LogP contribution in [0.2, 0.25) is 0 Å². The maximum absolute atomic E-state index is 11.4. The summed E-state index contributed by atoms with van der Waals surface area (Å²) < 4.78 is 32.0. The highest BCUT2D eigenvalue weighted by Crippen LogP contribution is 2.50. The molecule has 0 aromatic rings. The summed E-state index contributed by atoms with van der Waals surface area (Å²) in [6.45, 7) is 9.00. The van der Waals surface area contributed by atoms with E-state index in [1.807, 2.05) is 0 Å². The Balaban J connectivity index is 2.72. The van der Waals surface area contributed by atoms with Gasteiger partial charge in [-0.2, -0.15) is 8.42 Å². The van der Waals surface area contributed by atoms with Crippen molar-refractivity contribution >= 4 is 18.0 Å². The van der Waals surface area contributed by atoms with Crippen molar-refractivity contribution in [3.05, 3.63) is 0 Å². The summed E-state index contributed by atoms with van der Waals surface area (Å²) in [6, 6.07) is 0. The van der Waals surface area contributed by atoms with Crippen molar-refractivity contribution in [3.8, 4) is 0 Å². The van der Waals surface area contributed by atoms with Gasteiger partial charge in [0.15, 0.2) is 0 Å². The molecule has 1 fully saturated rings. The van der Waals surface area contributed by atoms with Crippen LogP contribution in [0.4, 0.5) is 0 Å². The fourth-order valence-electron chi connectivity index (χ4n) is 3.03. The molecule has 0 heterocycles. The lowest BCUT2D eigenvalue weighted by Crippen LogP contribution is -2.31. The number of hydrogen-bond donors (Lipinski definition) is 1. The largest absolute Gasteiger partial charge is 0.285 e. The molecule has 0 saturated heterocycles. The minimum atomic E-state index is -3.84. The zero-order valence-corrected chi connectivity index (χ0v) is 14.4. The van der Waals surface area contributed by atoms with Crippen molar-refractivity contribution in [3.63, 3.8) is 0 Å². The van der Waals surface area contributed by atoms with E-state index >= 15 is 0 Å². The van der Waals surface area contributed by atoms with E-state index in [-0.39, 0.29) is 7.92 Å². The second kappa shape index (κ2) is 7.38. The third kappa shape index (κ3) is 6.10. The first-order chi connectivity index (χ1) is 8.70. The monoisotopic (exact) mass is 308 g/mol. The van der Waals surface area contributed by atoms with Crippen LogP contribution in [-0.4, -0.2) is 36.2 Å². The van der Waals surface area contributed by atoms with Crippen LogP contribution in [0.1, 0.15) is 53.4 Å². The van der Waals surface area contributed by atoms with Crippen LogP contribution in [0.15, 0.2) is 0 Å². The van der Waals surface area contributed by atoms with Gasteiger partial charge in [0.1, 0.15) is 0 Å². The van der Waals surface area contributed by atoms with E-state index in [0.717, 1.165) is 12.8 Å². The molecule has 0 spiro atoms. The Hall–Kier alpha value is 0.340. The van der Waals surface area contributed by atoms with E-state index in [1.54, 1.807) is 0 Å². The minimum absolute atomic E-state index is 0.107. The number of hydrogen-bond acceptors (Lipinski definition) is 2. The van der Waals surface area contributed by atoms with Gasteiger partial charge in [-0.15, -0.1) is 7.92 Å². The first-order valence-corrected chi connectivity index (χ1v) is 10.7. The molecule has 2 atom stereocenters. The van der Waals surface area contributed by atoms with Gasteiger partial charge in [0, 0.05) is 0 Å². The number of rotatable bonds is 6. The quantitative estimate of drug-likeness (QED) is 0.596. The highest BCUT2D eigenvalue weighted by atomic mass is 32.2. The van der Waals surface area contributed by atoms with Gasteiger partial charge in [0.25, 0.3) is 10.1 Å². The van der Waals surface area contributed by atoms with Crippen molar-refractivity contribution in [2.75, 3.05) is 12.3 Å². The first-order valence-electron chi connectivity index (χ1n) is 7.40. The predicted octanol–water partition coefficient (Wildman–Crippen LogP) is 3.98. The van der Waals surface area contributed by atoms with Gasteiger partial charge in [0.2, 0.25) is 0 Å². The molecular weight excluding hydrogens is 279 g/mol. The lowest BCUT2D eigenvalue weighted by Gasteiger charge is -2.35. The van der Waals surface area contributed by atoms with Gasteiger partial charge in [-0.05, 0) is 49.1 Å². The van der Waals surface area contributed by atoms with Crippen molar-refractivity contribution in [2.24, 2.45) is 11.8 Å². The smallest absolute Gasteiger partial charge is 0.267 e. The maximum Gasteiger partial charge on any atom is 0.267 e. The zero-order valence-electron chi connectivity index (χ0n) is 12.7. The molecule has 5 heteroatoms. The summed E-state index contributed by atoms with van der Waals surface area (Å²) in [5, 5.41) is -0.504. The third-order valence-corrected chi connectivity index (χ3v) is 8.91. The Morgan fingerprint density at radius 3 is 2.05 bits per heavy atom. The molecule has 0 aliphatic heterocycles. The van der Waals surface area contributed by atoms with Crippen LogP contribution < -0.4 is 0 Å². The summed E-state index contributed by atoms with van der Waals surface area (Å²) in [4.78, 5) is 0. The second-order valence-electron chi connectivity index (χ2n) is 6.70. The van der Waals surface area contributed by atoms with Crippen molar-refractivity contribution in [1.82, 2.24) is 0 Å². The van der Waals surface area contributed by atoms with Gasteiger partial charge < -0.3 is 0 Å². The highest BCUT2D eigenvalue weighted by Gasteiger charge is 2.34. The summed E-state index contributed by atoms with van der Waals surface area (Å²) in [7, 11) is -3.95. The summed E-state index contributed by atoms with van der Waals surface area (Å²) in [5.41, 5.74) is 0.528. The minimum Gasteiger partial charge on any atom is -0.285 e. The molecule has 1 rings (SSSR count). The Bertz CT molecular complexity index is 355. The van der Waals surface area contributed by atoms with Crippen LogP contribution in [0.25, 0.3) is 0 Å². The van der Waals surface area contributed by atoms with Gasteiger partial charge in [0.05, 0.1) is 5.25 Å². The van der Waals surface area contributed by atoms with Crippen molar-refractivity contribution < 1.29 is 13.0 Å². The van der Waals surface area contributed by atoms with Crippen LogP contribution in [0.3, 0.4) is 0 Å². The Labute approximate surface area is 120 Å². The van der Waals surface area contributed by atoms with Gasteiger partial charge in [-0.1, -0.05) is 34.1 Å². The fourth-order valence-corrected chi connectivity index (χ4v) is 7.84. The standard InChI is InChI=1S/C14H29O3PS/c1-11(2)9-18(10-12(3)4)13-6-5-7-14(8-13)19(15,16)17/h11-14H,5-10H2,1-4H3,(H,15,16,17). The Morgan fingerprint density at radius 2 is 1.63 bits per heavy atom. The molecule has 0 aromatic carbocycles. The van der Waals surface area contributed by atoms with Gasteiger partial charge in [-0.3, -0.25) is 4.55 Å². The second-order valence-corrected chi connectivity index (χ2v) is 11.0. The van der Waals surface area contributed by atoms with Crippen molar-refractivity contribution in [1.29, 1.82) is 0 Å². The van der Waals surface area contributed by atoms with Gasteiger partial charge >= 0.3 is 0 Å². The average Bonchev–Trinajstić information content (AvgIpc) is 2.26. The molecule has 3 nitrogen and oxygen atoms in total. The normalized spacial score (nSPS) is 25.5. The van der Waals surface area contributed by atoms with Crippen LogP contribution in [0.5, 0.6) is 0 Å². The van der Waals surface area contributed by atoms with Crippen LogP contribution in [0, 0.1) is 11.8 Å². The molecule has 0 amide bonds. The molecular formula is C14H29O3PS. The maximum atomic E-state index is 11.4. The molecule has 1 N–H and O–H groups in total. The van der Waals surface area contributed by atoms with E-state index in [1.165, 1.54) is 12.3 Å². The molecule has 0 aromatic heterocycles. The molecule has 114 valence electrons. The predicted molar refractivity (Wildman–Crippen MR) is 83.9 cm³/mol. The van der Waals surface area contributed by atoms with E-state index < -0.39 is 15.4 Å². The molecule has 0 radical (unpaired) electrons. The average molecular weight is 308 g/mol. The fraction of sp³-hybridized carbons (Fsp3) is 1.00. The first kappa shape index (κ1) is 17.4. The SMILES string of the molecule is CC(C)CP(CC(C)C)C1CCCC(S(=O)(=O)O)C1. The van der Waals surface area contributed by atoms with Crippen LogP contribution in [-0.2, 0) is 10.1 Å². The van der Waals surface area contributed by atoms with E-state index in [9.17, 15) is 13.0 Å². The Morgan fingerprint density at radius 1 is 1.11 bits per heavy atom. The molecule has 1 aliphatic rings. The summed E-state index contributed by atoms with van der Waals surface area (Å²) >= 11 is 0. The van der Waals surface area contributed by atoms with E-state index in [2.05, 4.69) is 27.7 Å². The summed E-state index contributed by atoms with van der Waals surface area (Å²) in [6.07, 6.45) is 5.89. The molecule has 19 heavy (non-hydrogen) atoms. The molecule has 1 aliphatic carbocycles. The zero-order chi connectivity index (χ0) is 14.6. The van der Waals surface area contributed by atoms with Crippen molar-refractivity contribution in [2.45, 2.75) is 64.3 Å². The molecule has 0 bridgehead atoms. The highest BCUT2D eigenvalue weighted by molar-refractivity contribution is 7.86. The van der Waals surface area contributed by atoms with E-state index in [4.69, 9.17) is 0 Å². The Kier molecular flexibility index (Phi) is 6.75. The third-order valence-electron chi connectivity index (χ3n) is 3.74. The molecule has 1 saturated carbocycles. The van der Waals surface area contributed by atoms with E-state index in [0.29, 0.717) is 30.3 Å². The van der Waals surface area contributed by atoms with Crippen LogP contribution >= 0.6 is 7.92 Å². The topological polar surface area (TPSA) is 54.4 Å². The molecule has 2 unspecified atom stereocenters. The van der Waals surface area contributed by atoms with Gasteiger partial charge in [-0.25, -0.2) is 0 Å². The lowest BCUT2D eigenvalue weighted by atomic mass is 10.00. The summed E-state index contributed by atoms with van der Waals surface area (Å²) in [5.74, 6) is 1.35.